The highest BCUT2D eigenvalue weighted by Crippen LogP contribution is 2.25. The topological polar surface area (TPSA) is 93.4 Å². The molecule has 9 heteroatoms. The van der Waals surface area contributed by atoms with Crippen LogP contribution >= 0.6 is 12.4 Å². The minimum Gasteiger partial charge on any atom is -0.497 e. The van der Waals surface area contributed by atoms with Crippen molar-refractivity contribution in [2.75, 3.05) is 26.7 Å². The Kier molecular flexibility index (Phi) is 6.23. The molecule has 1 aromatic carbocycles. The van der Waals surface area contributed by atoms with Gasteiger partial charge in [-0.05, 0) is 29.8 Å². The third kappa shape index (κ3) is 3.97. The summed E-state index contributed by atoms with van der Waals surface area (Å²) in [6, 6.07) is 11.0. The van der Waals surface area contributed by atoms with Crippen molar-refractivity contribution in [3.63, 3.8) is 0 Å². The molecule has 0 bridgehead atoms. The van der Waals surface area contributed by atoms with Crippen molar-refractivity contribution in [1.82, 2.24) is 25.3 Å². The number of carbonyl (C=O) groups is 1. The van der Waals surface area contributed by atoms with E-state index in [0.717, 1.165) is 5.56 Å². The van der Waals surface area contributed by atoms with Gasteiger partial charge in [0, 0.05) is 37.6 Å². The molecule has 146 valence electrons. The largest absolute Gasteiger partial charge is 0.497 e. The number of amides is 1. The minimum absolute atomic E-state index is 0. The average molecular weight is 402 g/mol. The van der Waals surface area contributed by atoms with Gasteiger partial charge in [0.05, 0.1) is 13.2 Å². The summed E-state index contributed by atoms with van der Waals surface area (Å²) in [4.78, 5) is 23.2. The molecule has 28 heavy (non-hydrogen) atoms. The minimum atomic E-state index is -0.261. The molecule has 3 aromatic rings. The zero-order chi connectivity index (χ0) is 18.6. The van der Waals surface area contributed by atoms with Crippen LogP contribution < -0.4 is 10.1 Å². The van der Waals surface area contributed by atoms with Crippen molar-refractivity contribution in [1.29, 1.82) is 0 Å². The smallest absolute Gasteiger partial charge is 0.295 e. The van der Waals surface area contributed by atoms with E-state index < -0.39 is 0 Å². The van der Waals surface area contributed by atoms with Crippen LogP contribution in [-0.4, -0.2) is 52.7 Å². The van der Waals surface area contributed by atoms with Crippen LogP contribution in [0.4, 0.5) is 0 Å². The van der Waals surface area contributed by atoms with Gasteiger partial charge < -0.3 is 19.5 Å². The van der Waals surface area contributed by atoms with E-state index in [0.29, 0.717) is 30.9 Å². The van der Waals surface area contributed by atoms with Gasteiger partial charge in [0.25, 0.3) is 17.6 Å². The van der Waals surface area contributed by atoms with Crippen LogP contribution in [0.3, 0.4) is 0 Å². The van der Waals surface area contributed by atoms with Gasteiger partial charge in [-0.3, -0.25) is 9.78 Å². The number of nitrogens with zero attached hydrogens (tertiary/aromatic N) is 4. The molecule has 1 aliphatic heterocycles. The van der Waals surface area contributed by atoms with Crippen molar-refractivity contribution >= 4 is 18.3 Å². The highest BCUT2D eigenvalue weighted by molar-refractivity contribution is 5.91. The van der Waals surface area contributed by atoms with E-state index >= 15 is 0 Å². The molecule has 1 atom stereocenters. The Morgan fingerprint density at radius 1 is 1.32 bits per heavy atom. The van der Waals surface area contributed by atoms with Crippen LogP contribution in [0, 0.1) is 0 Å². The number of hydrogen-bond donors (Lipinski definition) is 1. The highest BCUT2D eigenvalue weighted by Gasteiger charge is 2.31. The van der Waals surface area contributed by atoms with Crippen LogP contribution in [0.1, 0.15) is 22.2 Å². The summed E-state index contributed by atoms with van der Waals surface area (Å²) in [5, 5.41) is 7.21. The van der Waals surface area contributed by atoms with Gasteiger partial charge in [-0.15, -0.1) is 12.4 Å². The van der Waals surface area contributed by atoms with Crippen molar-refractivity contribution in [3.05, 3.63) is 60.2 Å². The van der Waals surface area contributed by atoms with E-state index in [1.807, 2.05) is 30.3 Å². The lowest BCUT2D eigenvalue weighted by Crippen LogP contribution is -2.49. The number of halogens is 1. The maximum absolute atomic E-state index is 13.0. The third-order valence-electron chi connectivity index (χ3n) is 4.51. The van der Waals surface area contributed by atoms with Gasteiger partial charge in [0.1, 0.15) is 5.75 Å². The summed E-state index contributed by atoms with van der Waals surface area (Å²) >= 11 is 0. The Balaban J connectivity index is 0.00000225. The van der Waals surface area contributed by atoms with Crippen LogP contribution in [0.25, 0.3) is 11.5 Å². The number of carbonyl (C=O) groups excluding carboxylic acids is 1. The molecule has 1 N–H and O–H groups in total. The maximum Gasteiger partial charge on any atom is 0.295 e. The number of aromatic nitrogens is 3. The number of piperazine rings is 1. The second-order valence-corrected chi connectivity index (χ2v) is 6.16. The van der Waals surface area contributed by atoms with Crippen LogP contribution in [0.2, 0.25) is 0 Å². The highest BCUT2D eigenvalue weighted by atomic mass is 35.5. The number of benzene rings is 1. The summed E-state index contributed by atoms with van der Waals surface area (Å²) in [5.74, 6) is 0.745. The second-order valence-electron chi connectivity index (χ2n) is 6.16. The van der Waals surface area contributed by atoms with Crippen LogP contribution in [0.5, 0.6) is 5.75 Å². The van der Waals surface area contributed by atoms with E-state index in [1.54, 1.807) is 30.5 Å². The summed E-state index contributed by atoms with van der Waals surface area (Å²) < 4.78 is 10.5. The number of pyridine rings is 1. The monoisotopic (exact) mass is 401 g/mol. The number of nitrogens with one attached hydrogen (secondary N) is 1. The van der Waals surface area contributed by atoms with Crippen molar-refractivity contribution in [2.45, 2.75) is 6.04 Å². The zero-order valence-corrected chi connectivity index (χ0v) is 16.1. The molecular formula is C19H20ClN5O3. The van der Waals surface area contributed by atoms with Crippen LogP contribution in [0.15, 0.2) is 53.3 Å². The number of rotatable bonds is 4. The molecule has 1 unspecified atom stereocenters. The first-order valence-electron chi connectivity index (χ1n) is 8.66. The number of methoxy groups -OCH3 is 1. The Morgan fingerprint density at radius 2 is 2.21 bits per heavy atom. The predicted octanol–water partition coefficient (Wildman–Crippen LogP) is 2.35. The van der Waals surface area contributed by atoms with E-state index in [9.17, 15) is 4.79 Å². The van der Waals surface area contributed by atoms with Gasteiger partial charge in [0.15, 0.2) is 0 Å². The summed E-state index contributed by atoms with van der Waals surface area (Å²) in [5.41, 5.74) is 1.67. The molecule has 0 spiro atoms. The molecule has 1 amide bonds. The molecule has 2 aromatic heterocycles. The second kappa shape index (κ2) is 8.81. The average Bonchev–Trinajstić information content (AvgIpc) is 3.24. The van der Waals surface area contributed by atoms with E-state index in [-0.39, 0.29) is 36.1 Å². The zero-order valence-electron chi connectivity index (χ0n) is 15.2. The fraction of sp³-hybridized carbons (Fsp3) is 0.263. The van der Waals surface area contributed by atoms with Crippen LogP contribution in [-0.2, 0) is 0 Å². The molecule has 8 nitrogen and oxygen atoms in total. The summed E-state index contributed by atoms with van der Waals surface area (Å²) in [7, 11) is 1.59. The van der Waals surface area contributed by atoms with Crippen molar-refractivity contribution in [2.24, 2.45) is 0 Å². The molecule has 1 fully saturated rings. The first-order valence-corrected chi connectivity index (χ1v) is 8.66. The molecule has 1 aliphatic rings. The summed E-state index contributed by atoms with van der Waals surface area (Å²) in [6.07, 6.45) is 3.49. The first-order chi connectivity index (χ1) is 13.3. The maximum atomic E-state index is 13.0. The van der Waals surface area contributed by atoms with Gasteiger partial charge in [-0.2, -0.15) is 4.98 Å². The lowest BCUT2D eigenvalue weighted by molar-refractivity contribution is 0.0618. The standard InChI is InChI=1S/C19H19N5O3.ClH/c1-26-15-6-2-4-13(10-15)18-22-17(23-27-18)19(25)24-9-8-21-12-16(24)14-5-3-7-20-11-14;/h2-7,10-11,16,21H,8-9,12H2,1H3;1H. The van der Waals surface area contributed by atoms with Gasteiger partial charge in [-0.1, -0.05) is 17.3 Å². The van der Waals surface area contributed by atoms with Crippen molar-refractivity contribution < 1.29 is 14.1 Å². The lowest BCUT2D eigenvalue weighted by atomic mass is 10.1. The molecule has 4 rings (SSSR count). The first kappa shape index (κ1) is 19.8. The van der Waals surface area contributed by atoms with Crippen molar-refractivity contribution in [3.8, 4) is 17.2 Å². The number of ether oxygens (including phenoxy) is 1. The number of hydrogen-bond acceptors (Lipinski definition) is 7. The molecule has 0 radical (unpaired) electrons. The normalized spacial score (nSPS) is 16.3. The summed E-state index contributed by atoms with van der Waals surface area (Å²) in [6.45, 7) is 1.92. The van der Waals surface area contributed by atoms with E-state index in [4.69, 9.17) is 9.26 Å². The quantitative estimate of drug-likeness (QED) is 0.717. The molecule has 0 saturated carbocycles. The molecule has 3 heterocycles. The van der Waals surface area contributed by atoms with Gasteiger partial charge in [0.2, 0.25) is 0 Å². The van der Waals surface area contributed by atoms with Gasteiger partial charge in [-0.25, -0.2) is 0 Å². The Labute approximate surface area is 168 Å². The fourth-order valence-corrected chi connectivity index (χ4v) is 3.13. The lowest BCUT2D eigenvalue weighted by Gasteiger charge is -2.35. The Morgan fingerprint density at radius 3 is 3.00 bits per heavy atom. The van der Waals surface area contributed by atoms with Gasteiger partial charge >= 0.3 is 0 Å². The molecule has 0 aliphatic carbocycles. The molecule has 1 saturated heterocycles. The third-order valence-corrected chi connectivity index (χ3v) is 4.51. The predicted molar refractivity (Wildman–Crippen MR) is 104 cm³/mol. The van der Waals surface area contributed by atoms with E-state index in [2.05, 4.69) is 20.4 Å². The SMILES string of the molecule is COc1cccc(-c2nc(C(=O)N3CCNCC3c3cccnc3)no2)c1.Cl. The molecular weight excluding hydrogens is 382 g/mol. The fourth-order valence-electron chi connectivity index (χ4n) is 3.13. The Hall–Kier alpha value is -2.97. The Bertz CT molecular complexity index is 934. The van der Waals surface area contributed by atoms with E-state index in [1.165, 1.54) is 0 Å².